The Morgan fingerprint density at radius 2 is 1.88 bits per heavy atom. The molecule has 2 N–H and O–H groups in total. The molecule has 0 radical (unpaired) electrons. The van der Waals surface area contributed by atoms with Crippen molar-refractivity contribution < 1.29 is 17.6 Å². The summed E-state index contributed by atoms with van der Waals surface area (Å²) in [6, 6.07) is 2.71. The highest BCUT2D eigenvalue weighted by Gasteiger charge is 2.40. The van der Waals surface area contributed by atoms with Crippen molar-refractivity contribution in [1.29, 1.82) is 0 Å². The molecule has 0 heterocycles. The van der Waals surface area contributed by atoms with Crippen LogP contribution in [-0.2, 0) is 11.6 Å². The van der Waals surface area contributed by atoms with Crippen LogP contribution in [0.1, 0.15) is 30.4 Å². The Balaban J connectivity index is 2.38. The number of hydrogen-bond donors (Lipinski definition) is 1. The summed E-state index contributed by atoms with van der Waals surface area (Å²) in [5, 5.41) is 0. The van der Waals surface area contributed by atoms with Crippen LogP contribution in [-0.4, -0.2) is 6.54 Å². The van der Waals surface area contributed by atoms with Crippen LogP contribution < -0.4 is 5.73 Å². The molecule has 0 aliphatic heterocycles. The molecule has 1 nitrogen and oxygen atoms in total. The first-order chi connectivity index (χ1) is 7.89. The van der Waals surface area contributed by atoms with Crippen molar-refractivity contribution in [3.8, 4) is 0 Å². The van der Waals surface area contributed by atoms with Gasteiger partial charge in [0.1, 0.15) is 5.82 Å². The lowest BCUT2D eigenvalue weighted by molar-refractivity contribution is -0.137. The average molecular weight is 247 g/mol. The van der Waals surface area contributed by atoms with Crippen molar-refractivity contribution in [3.63, 3.8) is 0 Å². The van der Waals surface area contributed by atoms with Crippen LogP contribution in [0.3, 0.4) is 0 Å². The number of halogens is 4. The maximum absolute atomic E-state index is 13.7. The standard InChI is InChI=1S/C12H13F4N/c13-10-6-8(12(14,15)16)2-3-9(10)11(7-17)4-1-5-11/h2-3,6H,1,4-5,7,17H2. The molecular weight excluding hydrogens is 234 g/mol. The van der Waals surface area contributed by atoms with E-state index in [1.54, 1.807) is 0 Å². The fraction of sp³-hybridized carbons (Fsp3) is 0.500. The zero-order chi connectivity index (χ0) is 12.7. The van der Waals surface area contributed by atoms with E-state index in [1.165, 1.54) is 6.07 Å². The van der Waals surface area contributed by atoms with Crippen LogP contribution in [0.4, 0.5) is 17.6 Å². The maximum Gasteiger partial charge on any atom is 0.416 e. The van der Waals surface area contributed by atoms with E-state index in [0.29, 0.717) is 11.6 Å². The molecule has 1 aliphatic carbocycles. The highest BCUT2D eigenvalue weighted by molar-refractivity contribution is 5.34. The molecule has 1 aliphatic rings. The van der Waals surface area contributed by atoms with E-state index < -0.39 is 23.0 Å². The zero-order valence-electron chi connectivity index (χ0n) is 9.15. The molecule has 1 fully saturated rings. The molecule has 1 saturated carbocycles. The van der Waals surface area contributed by atoms with E-state index >= 15 is 0 Å². The van der Waals surface area contributed by atoms with Gasteiger partial charge in [-0.2, -0.15) is 13.2 Å². The fourth-order valence-electron chi connectivity index (χ4n) is 2.31. The van der Waals surface area contributed by atoms with Gasteiger partial charge in [0.2, 0.25) is 0 Å². The quantitative estimate of drug-likeness (QED) is 0.798. The second-order valence-electron chi connectivity index (χ2n) is 4.53. The van der Waals surface area contributed by atoms with E-state index in [4.69, 9.17) is 5.73 Å². The van der Waals surface area contributed by atoms with Crippen LogP contribution in [0.25, 0.3) is 0 Å². The van der Waals surface area contributed by atoms with Crippen LogP contribution >= 0.6 is 0 Å². The third-order valence-corrected chi connectivity index (χ3v) is 3.57. The molecule has 1 aromatic rings. The average Bonchev–Trinajstić information content (AvgIpc) is 2.17. The highest BCUT2D eigenvalue weighted by atomic mass is 19.4. The number of rotatable bonds is 2. The zero-order valence-corrected chi connectivity index (χ0v) is 9.15. The summed E-state index contributed by atoms with van der Waals surface area (Å²) in [5.41, 5.74) is 4.52. The summed E-state index contributed by atoms with van der Waals surface area (Å²) in [4.78, 5) is 0. The largest absolute Gasteiger partial charge is 0.416 e. The lowest BCUT2D eigenvalue weighted by Gasteiger charge is -2.41. The van der Waals surface area contributed by atoms with Crippen molar-refractivity contribution >= 4 is 0 Å². The van der Waals surface area contributed by atoms with Crippen molar-refractivity contribution in [2.45, 2.75) is 30.9 Å². The van der Waals surface area contributed by atoms with Gasteiger partial charge in [0.15, 0.2) is 0 Å². The molecule has 0 aromatic heterocycles. The Hall–Kier alpha value is -1.10. The molecule has 0 spiro atoms. The Kier molecular flexibility index (Phi) is 2.89. The number of benzene rings is 1. The first kappa shape index (κ1) is 12.4. The van der Waals surface area contributed by atoms with E-state index in [-0.39, 0.29) is 6.54 Å². The summed E-state index contributed by atoms with van der Waals surface area (Å²) in [6.45, 7) is 0.273. The van der Waals surface area contributed by atoms with E-state index in [2.05, 4.69) is 0 Å². The van der Waals surface area contributed by atoms with Gasteiger partial charge in [-0.3, -0.25) is 0 Å². The third kappa shape index (κ3) is 2.04. The van der Waals surface area contributed by atoms with Gasteiger partial charge >= 0.3 is 6.18 Å². The molecule has 5 heteroatoms. The van der Waals surface area contributed by atoms with Crippen molar-refractivity contribution in [1.82, 2.24) is 0 Å². The minimum absolute atomic E-state index is 0.273. The molecule has 0 unspecified atom stereocenters. The van der Waals surface area contributed by atoms with Gasteiger partial charge in [-0.15, -0.1) is 0 Å². The summed E-state index contributed by atoms with van der Waals surface area (Å²) >= 11 is 0. The topological polar surface area (TPSA) is 26.0 Å². The van der Waals surface area contributed by atoms with Crippen LogP contribution in [0.15, 0.2) is 18.2 Å². The molecule has 0 amide bonds. The Morgan fingerprint density at radius 1 is 1.24 bits per heavy atom. The van der Waals surface area contributed by atoms with Gasteiger partial charge in [0.25, 0.3) is 0 Å². The number of alkyl halides is 3. The molecule has 94 valence electrons. The second-order valence-corrected chi connectivity index (χ2v) is 4.53. The monoisotopic (exact) mass is 247 g/mol. The summed E-state index contributed by atoms with van der Waals surface area (Å²) in [6.07, 6.45) is -2.08. The summed E-state index contributed by atoms with van der Waals surface area (Å²) in [5.74, 6) is -0.801. The van der Waals surface area contributed by atoms with Crippen LogP contribution in [0.5, 0.6) is 0 Å². The number of nitrogens with two attached hydrogens (primary N) is 1. The van der Waals surface area contributed by atoms with Gasteiger partial charge in [-0.05, 0) is 30.5 Å². The Bertz CT molecular complexity index is 415. The molecule has 2 rings (SSSR count). The summed E-state index contributed by atoms with van der Waals surface area (Å²) < 4.78 is 50.9. The number of hydrogen-bond acceptors (Lipinski definition) is 1. The van der Waals surface area contributed by atoms with E-state index in [1.807, 2.05) is 0 Å². The lowest BCUT2D eigenvalue weighted by Crippen LogP contribution is -2.42. The first-order valence-corrected chi connectivity index (χ1v) is 5.46. The van der Waals surface area contributed by atoms with E-state index in [9.17, 15) is 17.6 Å². The Labute approximate surface area is 96.6 Å². The smallest absolute Gasteiger partial charge is 0.330 e. The molecule has 1 aromatic carbocycles. The highest BCUT2D eigenvalue weighted by Crippen LogP contribution is 2.44. The van der Waals surface area contributed by atoms with Crippen LogP contribution in [0, 0.1) is 5.82 Å². The first-order valence-electron chi connectivity index (χ1n) is 5.46. The SMILES string of the molecule is NCC1(c2ccc(C(F)(F)F)cc2F)CCC1. The van der Waals surface area contributed by atoms with E-state index in [0.717, 1.165) is 25.3 Å². The maximum atomic E-state index is 13.7. The van der Waals surface area contributed by atoms with Crippen molar-refractivity contribution in [3.05, 3.63) is 35.1 Å². The molecular formula is C12H13F4N. The molecule has 17 heavy (non-hydrogen) atoms. The van der Waals surface area contributed by atoms with Crippen molar-refractivity contribution in [2.24, 2.45) is 5.73 Å². The second kappa shape index (κ2) is 3.98. The predicted molar refractivity (Wildman–Crippen MR) is 56.0 cm³/mol. The minimum Gasteiger partial charge on any atom is -0.330 e. The van der Waals surface area contributed by atoms with Gasteiger partial charge < -0.3 is 5.73 Å². The third-order valence-electron chi connectivity index (χ3n) is 3.57. The lowest BCUT2D eigenvalue weighted by atomic mass is 9.64. The van der Waals surface area contributed by atoms with Gasteiger partial charge in [-0.1, -0.05) is 12.5 Å². The van der Waals surface area contributed by atoms with Crippen LogP contribution in [0.2, 0.25) is 0 Å². The Morgan fingerprint density at radius 3 is 2.24 bits per heavy atom. The molecule has 0 atom stereocenters. The van der Waals surface area contributed by atoms with Gasteiger partial charge in [0.05, 0.1) is 5.56 Å². The fourth-order valence-corrected chi connectivity index (χ4v) is 2.31. The summed E-state index contributed by atoms with van der Waals surface area (Å²) in [7, 11) is 0. The normalized spacial score (nSPS) is 18.9. The molecule has 0 saturated heterocycles. The molecule has 0 bridgehead atoms. The van der Waals surface area contributed by atoms with Crippen molar-refractivity contribution in [2.75, 3.05) is 6.54 Å². The minimum atomic E-state index is -4.51. The van der Waals surface area contributed by atoms with Gasteiger partial charge in [-0.25, -0.2) is 4.39 Å². The van der Waals surface area contributed by atoms with Gasteiger partial charge in [0, 0.05) is 12.0 Å². The predicted octanol–water partition coefficient (Wildman–Crippen LogP) is 3.22.